The molecule has 3 rings (SSSR count). The lowest BCUT2D eigenvalue weighted by atomic mass is 10.1. The van der Waals surface area contributed by atoms with Crippen molar-refractivity contribution in [2.45, 2.75) is 19.9 Å². The number of likely N-dealkylation sites (N-methyl/N-ethyl adjacent to an activating group) is 1. The van der Waals surface area contributed by atoms with Gasteiger partial charge in [-0.15, -0.1) is 0 Å². The number of hydrogen-bond acceptors (Lipinski definition) is 3. The van der Waals surface area contributed by atoms with Gasteiger partial charge in [0.2, 0.25) is 0 Å². The maximum atomic E-state index is 13.2. The maximum Gasteiger partial charge on any atom is 0.255 e. The summed E-state index contributed by atoms with van der Waals surface area (Å²) in [6, 6.07) is 13.6. The van der Waals surface area contributed by atoms with Crippen molar-refractivity contribution in [1.82, 2.24) is 20.0 Å². The molecule has 7 heteroatoms. The topological polar surface area (TPSA) is 50.2 Å². The van der Waals surface area contributed by atoms with Crippen LogP contribution >= 0.6 is 11.6 Å². The average molecular weight is 415 g/mol. The molecule has 0 spiro atoms. The first-order chi connectivity index (χ1) is 13.8. The third kappa shape index (κ3) is 4.49. The third-order valence-corrected chi connectivity index (χ3v) is 5.28. The van der Waals surface area contributed by atoms with Crippen LogP contribution in [-0.4, -0.2) is 41.2 Å². The van der Waals surface area contributed by atoms with Crippen molar-refractivity contribution in [2.24, 2.45) is 0 Å². The molecule has 0 aliphatic rings. The number of nitrogens with zero attached hydrogens (tertiary/aromatic N) is 3. The quantitative estimate of drug-likeness (QED) is 0.653. The van der Waals surface area contributed by atoms with Crippen LogP contribution in [0.15, 0.2) is 48.5 Å². The van der Waals surface area contributed by atoms with Crippen molar-refractivity contribution in [1.29, 1.82) is 0 Å². The van der Waals surface area contributed by atoms with E-state index in [1.807, 2.05) is 50.2 Å². The number of halogens is 2. The number of benzene rings is 2. The summed E-state index contributed by atoms with van der Waals surface area (Å²) in [5.41, 5.74) is 3.49. The predicted molar refractivity (Wildman–Crippen MR) is 113 cm³/mol. The molecule has 1 unspecified atom stereocenters. The Morgan fingerprint density at radius 2 is 1.83 bits per heavy atom. The van der Waals surface area contributed by atoms with E-state index in [0.29, 0.717) is 34.2 Å². The Kier molecular flexibility index (Phi) is 6.35. The Labute approximate surface area is 175 Å². The zero-order valence-corrected chi connectivity index (χ0v) is 17.7. The van der Waals surface area contributed by atoms with Crippen molar-refractivity contribution >= 4 is 17.5 Å². The second kappa shape index (κ2) is 8.76. The molecule has 1 N–H and O–H groups in total. The first-order valence-electron chi connectivity index (χ1n) is 9.30. The van der Waals surface area contributed by atoms with E-state index in [2.05, 4.69) is 10.4 Å². The fourth-order valence-corrected chi connectivity index (χ4v) is 3.66. The monoisotopic (exact) mass is 414 g/mol. The van der Waals surface area contributed by atoms with Crippen molar-refractivity contribution in [2.75, 3.05) is 20.6 Å². The summed E-state index contributed by atoms with van der Waals surface area (Å²) in [7, 11) is 3.90. The van der Waals surface area contributed by atoms with Crippen LogP contribution < -0.4 is 5.32 Å². The van der Waals surface area contributed by atoms with Gasteiger partial charge in [-0.2, -0.15) is 5.10 Å². The van der Waals surface area contributed by atoms with Gasteiger partial charge in [0.1, 0.15) is 5.82 Å². The van der Waals surface area contributed by atoms with E-state index in [1.165, 1.54) is 12.1 Å². The van der Waals surface area contributed by atoms with Gasteiger partial charge < -0.3 is 10.2 Å². The molecule has 0 bridgehead atoms. The van der Waals surface area contributed by atoms with E-state index in [4.69, 9.17) is 11.6 Å². The second-order valence-electron chi connectivity index (χ2n) is 7.14. The van der Waals surface area contributed by atoms with Crippen LogP contribution in [0.5, 0.6) is 0 Å². The fourth-order valence-electron chi connectivity index (χ4n) is 3.40. The Hall–Kier alpha value is -2.70. The zero-order chi connectivity index (χ0) is 21.1. The Bertz CT molecular complexity index is 1010. The summed E-state index contributed by atoms with van der Waals surface area (Å²) in [5.74, 6) is -0.519. The number of aryl methyl sites for hydroxylation is 1. The first kappa shape index (κ1) is 21.0. The number of amides is 1. The number of aromatic nitrogens is 2. The standard InChI is InChI=1S/C22H24ClFN4O/c1-14-21(15(2)28(26-14)17-11-9-16(24)10-12-17)22(29)25-13-20(27(3)4)18-7-5-6-8-19(18)23/h5-12,20H,13H2,1-4H3,(H,25,29). The van der Waals surface area contributed by atoms with Crippen LogP contribution in [-0.2, 0) is 0 Å². The smallest absolute Gasteiger partial charge is 0.255 e. The van der Waals surface area contributed by atoms with Crippen molar-refractivity contribution < 1.29 is 9.18 Å². The lowest BCUT2D eigenvalue weighted by Gasteiger charge is -2.26. The fraction of sp³-hybridized carbons (Fsp3) is 0.273. The van der Waals surface area contributed by atoms with E-state index in [1.54, 1.807) is 23.7 Å². The lowest BCUT2D eigenvalue weighted by molar-refractivity contribution is 0.0940. The largest absolute Gasteiger partial charge is 0.350 e. The average Bonchev–Trinajstić information content (AvgIpc) is 2.97. The minimum atomic E-state index is -0.317. The Morgan fingerprint density at radius 1 is 1.17 bits per heavy atom. The van der Waals surface area contributed by atoms with Crippen LogP contribution in [0.25, 0.3) is 5.69 Å². The molecule has 0 radical (unpaired) electrons. The van der Waals surface area contributed by atoms with E-state index < -0.39 is 0 Å². The predicted octanol–water partition coefficient (Wildman–Crippen LogP) is 4.31. The lowest BCUT2D eigenvalue weighted by Crippen LogP contribution is -2.35. The van der Waals surface area contributed by atoms with Gasteiger partial charge >= 0.3 is 0 Å². The molecule has 152 valence electrons. The van der Waals surface area contributed by atoms with Crippen LogP contribution in [0.4, 0.5) is 4.39 Å². The molecule has 29 heavy (non-hydrogen) atoms. The highest BCUT2D eigenvalue weighted by Gasteiger charge is 2.22. The normalized spacial score (nSPS) is 12.2. The summed E-state index contributed by atoms with van der Waals surface area (Å²) >= 11 is 6.35. The minimum absolute atomic E-state index is 0.0691. The van der Waals surface area contributed by atoms with Gasteiger partial charge in [-0.3, -0.25) is 4.79 Å². The van der Waals surface area contributed by atoms with E-state index in [9.17, 15) is 9.18 Å². The highest BCUT2D eigenvalue weighted by atomic mass is 35.5. The third-order valence-electron chi connectivity index (χ3n) is 4.93. The number of nitrogens with one attached hydrogen (secondary N) is 1. The van der Waals surface area contributed by atoms with Gasteiger partial charge in [-0.1, -0.05) is 29.8 Å². The summed E-state index contributed by atoms with van der Waals surface area (Å²) in [6.07, 6.45) is 0. The molecular formula is C22H24ClFN4O. The van der Waals surface area contributed by atoms with Gasteiger partial charge in [0.05, 0.1) is 28.7 Å². The summed E-state index contributed by atoms with van der Waals surface area (Å²) in [6.45, 7) is 4.02. The molecule has 0 aliphatic carbocycles. The van der Waals surface area contributed by atoms with E-state index in [0.717, 1.165) is 5.56 Å². The maximum absolute atomic E-state index is 13.2. The summed E-state index contributed by atoms with van der Waals surface area (Å²) in [5, 5.41) is 8.14. The summed E-state index contributed by atoms with van der Waals surface area (Å²) in [4.78, 5) is 15.0. The van der Waals surface area contributed by atoms with E-state index in [-0.39, 0.29) is 17.8 Å². The van der Waals surface area contributed by atoms with Gasteiger partial charge in [0, 0.05) is 11.6 Å². The van der Waals surface area contributed by atoms with E-state index >= 15 is 0 Å². The van der Waals surface area contributed by atoms with Crippen LogP contribution in [0.1, 0.15) is 33.4 Å². The second-order valence-corrected chi connectivity index (χ2v) is 7.55. The molecule has 2 aromatic carbocycles. The molecular weight excluding hydrogens is 391 g/mol. The SMILES string of the molecule is Cc1nn(-c2ccc(F)cc2)c(C)c1C(=O)NCC(c1ccccc1Cl)N(C)C. The van der Waals surface area contributed by atoms with Gasteiger partial charge in [0.25, 0.3) is 5.91 Å². The number of hydrogen-bond donors (Lipinski definition) is 1. The zero-order valence-electron chi connectivity index (χ0n) is 16.9. The first-order valence-corrected chi connectivity index (χ1v) is 9.68. The highest BCUT2D eigenvalue weighted by Crippen LogP contribution is 2.26. The molecule has 0 saturated carbocycles. The molecule has 1 atom stereocenters. The summed E-state index contributed by atoms with van der Waals surface area (Å²) < 4.78 is 14.9. The molecule has 1 heterocycles. The molecule has 1 aromatic heterocycles. The van der Waals surface area contributed by atoms with Crippen molar-refractivity contribution in [3.05, 3.63) is 81.9 Å². The molecule has 3 aromatic rings. The Morgan fingerprint density at radius 3 is 2.45 bits per heavy atom. The van der Waals surface area contributed by atoms with Crippen LogP contribution in [0, 0.1) is 19.7 Å². The minimum Gasteiger partial charge on any atom is -0.350 e. The van der Waals surface area contributed by atoms with Gasteiger partial charge in [0.15, 0.2) is 0 Å². The van der Waals surface area contributed by atoms with Crippen molar-refractivity contribution in [3.8, 4) is 5.69 Å². The highest BCUT2D eigenvalue weighted by molar-refractivity contribution is 6.31. The molecule has 0 aliphatic heterocycles. The van der Waals surface area contributed by atoms with Gasteiger partial charge in [-0.05, 0) is 63.8 Å². The van der Waals surface area contributed by atoms with Gasteiger partial charge in [-0.25, -0.2) is 9.07 Å². The number of carbonyl (C=O) groups is 1. The Balaban J connectivity index is 1.82. The van der Waals surface area contributed by atoms with Crippen molar-refractivity contribution in [3.63, 3.8) is 0 Å². The molecule has 5 nitrogen and oxygen atoms in total. The number of rotatable bonds is 6. The molecule has 0 fully saturated rings. The number of carbonyl (C=O) groups excluding carboxylic acids is 1. The van der Waals surface area contributed by atoms with Crippen LogP contribution in [0.2, 0.25) is 5.02 Å². The molecule has 1 amide bonds. The van der Waals surface area contributed by atoms with Crippen LogP contribution in [0.3, 0.4) is 0 Å². The molecule has 0 saturated heterocycles.